The molecule has 0 bridgehead atoms. The Balaban J connectivity index is 2.12. The van der Waals surface area contributed by atoms with E-state index >= 15 is 0 Å². The predicted molar refractivity (Wildman–Crippen MR) is 142 cm³/mol. The maximum atomic E-state index is 13.1. The van der Waals surface area contributed by atoms with E-state index in [4.69, 9.17) is 33.2 Å². The summed E-state index contributed by atoms with van der Waals surface area (Å²) in [6.07, 6.45) is -4.79. The SMILES string of the molecule is COCC1=C\[C@@H]2OC(=O)[C@H](C)[C@@]2(O)[C@@H](OC(C)=O)[C@H]2[C@@]3(CO3)[C@H](OC(C)=O)[C@H](O)[C@H](OC(C)=O)[C@]2(C)[C@@H](OC(C)=O)/C=C\1. The Morgan fingerprint density at radius 2 is 1.49 bits per heavy atom. The van der Waals surface area contributed by atoms with Gasteiger partial charge in [0.25, 0.3) is 0 Å². The molecule has 238 valence electrons. The molecule has 0 radical (unpaired) electrons. The van der Waals surface area contributed by atoms with Crippen molar-refractivity contribution in [2.45, 2.75) is 89.4 Å². The van der Waals surface area contributed by atoms with Crippen LogP contribution in [0.3, 0.4) is 0 Å². The highest BCUT2D eigenvalue weighted by Gasteiger charge is 2.80. The van der Waals surface area contributed by atoms with Gasteiger partial charge in [-0.15, -0.1) is 0 Å². The molecule has 4 aliphatic rings. The summed E-state index contributed by atoms with van der Waals surface area (Å²) in [7, 11) is 1.42. The summed E-state index contributed by atoms with van der Waals surface area (Å²) in [6, 6.07) is 0. The highest BCUT2D eigenvalue weighted by Crippen LogP contribution is 2.62. The van der Waals surface area contributed by atoms with Gasteiger partial charge in [0.1, 0.15) is 30.0 Å². The van der Waals surface area contributed by atoms with Crippen LogP contribution in [0, 0.1) is 17.3 Å². The molecule has 0 aromatic heterocycles. The lowest BCUT2D eigenvalue weighted by atomic mass is 9.51. The average molecular weight is 611 g/mol. The summed E-state index contributed by atoms with van der Waals surface area (Å²) >= 11 is 0. The molecular weight excluding hydrogens is 572 g/mol. The first-order valence-corrected chi connectivity index (χ1v) is 13.9. The Labute approximate surface area is 248 Å². The third-order valence-electron chi connectivity index (χ3n) is 8.84. The van der Waals surface area contributed by atoms with Crippen molar-refractivity contribution >= 4 is 29.8 Å². The van der Waals surface area contributed by atoms with E-state index in [-0.39, 0.29) is 13.2 Å². The summed E-state index contributed by atoms with van der Waals surface area (Å²) in [6.45, 7) is 7.16. The second kappa shape index (κ2) is 11.6. The van der Waals surface area contributed by atoms with Crippen molar-refractivity contribution in [2.24, 2.45) is 17.3 Å². The van der Waals surface area contributed by atoms with Crippen LogP contribution >= 0.6 is 0 Å². The Morgan fingerprint density at radius 3 is 2.00 bits per heavy atom. The maximum Gasteiger partial charge on any atom is 0.312 e. The van der Waals surface area contributed by atoms with Gasteiger partial charge in [-0.25, -0.2) is 0 Å². The molecule has 14 heteroatoms. The topological polar surface area (TPSA) is 194 Å². The summed E-state index contributed by atoms with van der Waals surface area (Å²) < 4.78 is 39.7. The van der Waals surface area contributed by atoms with Gasteiger partial charge in [0, 0.05) is 40.7 Å². The monoisotopic (exact) mass is 610 g/mol. The van der Waals surface area contributed by atoms with Crippen LogP contribution in [0.1, 0.15) is 41.5 Å². The lowest BCUT2D eigenvalue weighted by Crippen LogP contribution is -2.75. The quantitative estimate of drug-likeness (QED) is 0.230. The minimum atomic E-state index is -2.29. The van der Waals surface area contributed by atoms with E-state index in [2.05, 4.69) is 0 Å². The number of aliphatic hydroxyl groups is 2. The van der Waals surface area contributed by atoms with Crippen molar-refractivity contribution < 1.29 is 67.3 Å². The summed E-state index contributed by atoms with van der Waals surface area (Å²) in [5, 5.41) is 24.3. The molecule has 43 heavy (non-hydrogen) atoms. The minimum Gasteiger partial charge on any atom is -0.459 e. The second-order valence-corrected chi connectivity index (χ2v) is 11.7. The molecule has 4 rings (SSSR count). The largest absolute Gasteiger partial charge is 0.459 e. The summed E-state index contributed by atoms with van der Waals surface area (Å²) in [4.78, 5) is 63.1. The van der Waals surface area contributed by atoms with E-state index < -0.39 is 94.9 Å². The van der Waals surface area contributed by atoms with Gasteiger partial charge in [0.05, 0.1) is 24.5 Å². The molecule has 11 atom stereocenters. The molecule has 2 N–H and O–H groups in total. The second-order valence-electron chi connectivity index (χ2n) is 11.7. The van der Waals surface area contributed by atoms with Gasteiger partial charge in [-0.2, -0.15) is 0 Å². The molecule has 2 aliphatic heterocycles. The Morgan fingerprint density at radius 1 is 0.953 bits per heavy atom. The van der Waals surface area contributed by atoms with Crippen molar-refractivity contribution in [3.05, 3.63) is 23.8 Å². The fourth-order valence-corrected chi connectivity index (χ4v) is 6.99. The molecular formula is C29H38O14. The van der Waals surface area contributed by atoms with E-state index in [1.165, 1.54) is 39.2 Å². The first-order valence-electron chi connectivity index (χ1n) is 13.9. The third-order valence-corrected chi connectivity index (χ3v) is 8.84. The standard InChI is InChI=1S/C29H38O14/c1-13-26(35)43-20-10-18(11-37-7)8-9-19(39-14(2)30)27(6)22(25(29(13,20)36)42-17(5)33)28(12-38-28)24(41-16(4)32)21(34)23(27)40-15(3)31/h8-10,13,19-25,34,36H,11-12H2,1-7H3/b9-8-,18-10-/t13-,19-,20-,21+,22+,23-,24+,25-,27+,28-,29-/m0/s1. The fourth-order valence-electron chi connectivity index (χ4n) is 6.99. The number of ether oxygens (including phenoxy) is 7. The van der Waals surface area contributed by atoms with Crippen LogP contribution in [0.25, 0.3) is 0 Å². The molecule has 0 aromatic carbocycles. The van der Waals surface area contributed by atoms with Crippen LogP contribution < -0.4 is 0 Å². The molecule has 0 amide bonds. The number of hydrogen-bond acceptors (Lipinski definition) is 14. The van der Waals surface area contributed by atoms with Crippen molar-refractivity contribution in [2.75, 3.05) is 20.3 Å². The zero-order valence-corrected chi connectivity index (χ0v) is 25.1. The summed E-state index contributed by atoms with van der Waals surface area (Å²) in [5.74, 6) is -6.69. The Hall–Kier alpha value is -3.33. The number of esters is 5. The van der Waals surface area contributed by atoms with Gasteiger partial charge < -0.3 is 43.4 Å². The van der Waals surface area contributed by atoms with Crippen molar-refractivity contribution in [1.29, 1.82) is 0 Å². The van der Waals surface area contributed by atoms with Gasteiger partial charge in [-0.3, -0.25) is 24.0 Å². The number of epoxide rings is 1. The molecule has 1 saturated carbocycles. The Bertz CT molecular complexity index is 1240. The number of methoxy groups -OCH3 is 1. The number of fused-ring (bicyclic) bond motifs is 3. The van der Waals surface area contributed by atoms with E-state index in [9.17, 15) is 34.2 Å². The first-order chi connectivity index (χ1) is 20.0. The number of aliphatic hydroxyl groups excluding tert-OH is 1. The molecule has 2 saturated heterocycles. The van der Waals surface area contributed by atoms with E-state index in [1.54, 1.807) is 0 Å². The highest BCUT2D eigenvalue weighted by molar-refractivity contribution is 5.78. The predicted octanol–water partition coefficient (Wildman–Crippen LogP) is -0.0856. The van der Waals surface area contributed by atoms with Gasteiger partial charge in [0.15, 0.2) is 17.8 Å². The van der Waals surface area contributed by atoms with E-state index in [0.29, 0.717) is 5.57 Å². The van der Waals surface area contributed by atoms with Crippen LogP contribution in [-0.4, -0.2) is 108 Å². The summed E-state index contributed by atoms with van der Waals surface area (Å²) in [5.41, 5.74) is -5.32. The van der Waals surface area contributed by atoms with Gasteiger partial charge in [-0.1, -0.05) is 13.0 Å². The first kappa shape index (κ1) is 32.6. The van der Waals surface area contributed by atoms with Gasteiger partial charge in [-0.05, 0) is 24.6 Å². The lowest BCUT2D eigenvalue weighted by molar-refractivity contribution is -0.276. The van der Waals surface area contributed by atoms with E-state index in [1.807, 2.05) is 0 Å². The molecule has 1 spiro atoms. The van der Waals surface area contributed by atoms with E-state index in [0.717, 1.165) is 27.7 Å². The zero-order valence-electron chi connectivity index (χ0n) is 25.1. The van der Waals surface area contributed by atoms with Crippen molar-refractivity contribution in [3.63, 3.8) is 0 Å². The Kier molecular flexibility index (Phi) is 8.82. The van der Waals surface area contributed by atoms with Crippen molar-refractivity contribution in [1.82, 2.24) is 0 Å². The maximum absolute atomic E-state index is 13.1. The number of hydrogen-bond donors (Lipinski definition) is 2. The van der Waals surface area contributed by atoms with Crippen LogP contribution in [0.5, 0.6) is 0 Å². The number of carbonyl (C=O) groups is 5. The molecule has 2 heterocycles. The minimum absolute atomic E-state index is 0.0300. The molecule has 14 nitrogen and oxygen atoms in total. The molecule has 2 aliphatic carbocycles. The fraction of sp³-hybridized carbons (Fsp3) is 0.690. The van der Waals surface area contributed by atoms with Crippen LogP contribution in [0.4, 0.5) is 0 Å². The highest BCUT2D eigenvalue weighted by atomic mass is 16.7. The number of rotatable bonds is 6. The normalized spacial score (nSPS) is 43.6. The molecule has 0 unspecified atom stereocenters. The molecule has 3 fully saturated rings. The smallest absolute Gasteiger partial charge is 0.312 e. The van der Waals surface area contributed by atoms with Gasteiger partial charge in [0.2, 0.25) is 0 Å². The zero-order chi connectivity index (χ0) is 32.1. The number of carbonyl (C=O) groups excluding carboxylic acids is 5. The van der Waals surface area contributed by atoms with Crippen LogP contribution in [-0.2, 0) is 57.1 Å². The lowest BCUT2D eigenvalue weighted by Gasteiger charge is -2.58. The third kappa shape index (κ3) is 5.45. The van der Waals surface area contributed by atoms with Gasteiger partial charge >= 0.3 is 29.8 Å². The molecule has 0 aromatic rings. The van der Waals surface area contributed by atoms with Crippen LogP contribution in [0.2, 0.25) is 0 Å². The van der Waals surface area contributed by atoms with Crippen molar-refractivity contribution in [3.8, 4) is 0 Å². The van der Waals surface area contributed by atoms with Crippen LogP contribution in [0.15, 0.2) is 23.8 Å². The average Bonchev–Trinajstić information content (AvgIpc) is 3.65.